The van der Waals surface area contributed by atoms with Gasteiger partial charge in [0.1, 0.15) is 4.90 Å². The number of anilines is 1. The molecule has 6 nitrogen and oxygen atoms in total. The fraction of sp³-hybridized carbons (Fsp3) is 0.364. The van der Waals surface area contributed by atoms with Crippen molar-refractivity contribution in [1.82, 2.24) is 10.0 Å². The summed E-state index contributed by atoms with van der Waals surface area (Å²) in [6.45, 7) is 2.08. The number of rotatable bonds is 6. The Bertz CT molecular complexity index is 582. The number of halogens is 2. The van der Waals surface area contributed by atoms with Gasteiger partial charge in [-0.2, -0.15) is 0 Å². The van der Waals surface area contributed by atoms with Crippen molar-refractivity contribution in [3.8, 4) is 0 Å². The maximum absolute atomic E-state index is 12.1. The molecular formula is C11H15Br2N3O3S. The molecule has 1 rings (SSSR count). The first-order valence-corrected chi connectivity index (χ1v) is 8.85. The molecule has 1 amide bonds. The van der Waals surface area contributed by atoms with Gasteiger partial charge in [0.05, 0.1) is 12.2 Å². The lowest BCUT2D eigenvalue weighted by Crippen LogP contribution is -2.37. The van der Waals surface area contributed by atoms with Gasteiger partial charge in [-0.1, -0.05) is 22.9 Å². The third-order valence-electron chi connectivity index (χ3n) is 2.30. The van der Waals surface area contributed by atoms with E-state index in [0.717, 1.165) is 6.42 Å². The second-order valence-corrected chi connectivity index (χ2v) is 7.45. The smallest absolute Gasteiger partial charge is 0.244 e. The van der Waals surface area contributed by atoms with Gasteiger partial charge in [-0.3, -0.25) is 4.79 Å². The maximum atomic E-state index is 12.1. The molecule has 0 saturated carbocycles. The Morgan fingerprint density at radius 3 is 2.55 bits per heavy atom. The second-order valence-electron chi connectivity index (χ2n) is 3.98. The van der Waals surface area contributed by atoms with E-state index in [1.165, 1.54) is 6.07 Å². The molecule has 0 aliphatic carbocycles. The molecule has 0 unspecified atom stereocenters. The van der Waals surface area contributed by atoms with E-state index >= 15 is 0 Å². The number of nitrogen functional groups attached to an aromatic ring is 1. The van der Waals surface area contributed by atoms with Crippen LogP contribution in [-0.4, -0.2) is 27.4 Å². The van der Waals surface area contributed by atoms with Crippen LogP contribution in [0.2, 0.25) is 0 Å². The molecule has 0 atom stereocenters. The van der Waals surface area contributed by atoms with Crippen LogP contribution in [0.15, 0.2) is 26.0 Å². The van der Waals surface area contributed by atoms with E-state index in [-0.39, 0.29) is 23.0 Å². The number of amides is 1. The summed E-state index contributed by atoms with van der Waals surface area (Å²) in [4.78, 5) is 11.3. The highest BCUT2D eigenvalue weighted by Crippen LogP contribution is 2.31. The van der Waals surface area contributed by atoms with Crippen LogP contribution in [-0.2, 0) is 14.8 Å². The van der Waals surface area contributed by atoms with E-state index in [0.29, 0.717) is 15.5 Å². The molecule has 1 aromatic rings. The van der Waals surface area contributed by atoms with Crippen LogP contribution in [0.3, 0.4) is 0 Å². The zero-order valence-corrected chi connectivity index (χ0v) is 14.7. The van der Waals surface area contributed by atoms with Crippen molar-refractivity contribution in [1.29, 1.82) is 0 Å². The van der Waals surface area contributed by atoms with Crippen molar-refractivity contribution in [2.24, 2.45) is 0 Å². The molecular weight excluding hydrogens is 414 g/mol. The van der Waals surface area contributed by atoms with Gasteiger partial charge >= 0.3 is 0 Å². The Hall–Kier alpha value is -0.640. The number of carbonyl (C=O) groups is 1. The Balaban J connectivity index is 2.87. The lowest BCUT2D eigenvalue weighted by Gasteiger charge is -2.11. The van der Waals surface area contributed by atoms with Crippen LogP contribution in [0.4, 0.5) is 5.69 Å². The number of carbonyl (C=O) groups excluding carboxylic acids is 1. The Labute approximate surface area is 134 Å². The van der Waals surface area contributed by atoms with Crippen molar-refractivity contribution < 1.29 is 13.2 Å². The van der Waals surface area contributed by atoms with Crippen molar-refractivity contribution >= 4 is 53.5 Å². The van der Waals surface area contributed by atoms with Gasteiger partial charge in [0.25, 0.3) is 0 Å². The molecule has 4 N–H and O–H groups in total. The summed E-state index contributed by atoms with van der Waals surface area (Å²) in [5.74, 6) is -0.387. The first kappa shape index (κ1) is 17.4. The highest BCUT2D eigenvalue weighted by Gasteiger charge is 2.22. The van der Waals surface area contributed by atoms with Crippen molar-refractivity contribution in [3.63, 3.8) is 0 Å². The highest BCUT2D eigenvalue weighted by atomic mass is 79.9. The Morgan fingerprint density at radius 1 is 1.35 bits per heavy atom. The molecule has 0 bridgehead atoms. The summed E-state index contributed by atoms with van der Waals surface area (Å²) < 4.78 is 27.5. The van der Waals surface area contributed by atoms with Gasteiger partial charge in [-0.15, -0.1) is 0 Å². The average Bonchev–Trinajstić information content (AvgIpc) is 2.32. The zero-order valence-electron chi connectivity index (χ0n) is 10.7. The van der Waals surface area contributed by atoms with Gasteiger partial charge < -0.3 is 11.1 Å². The van der Waals surface area contributed by atoms with Gasteiger partial charge in [0.2, 0.25) is 15.9 Å². The molecule has 0 spiro atoms. The molecule has 0 heterocycles. The van der Waals surface area contributed by atoms with Gasteiger partial charge in [0.15, 0.2) is 0 Å². The van der Waals surface area contributed by atoms with Gasteiger partial charge in [-0.05, 0) is 34.5 Å². The lowest BCUT2D eigenvalue weighted by atomic mass is 10.3. The minimum atomic E-state index is -3.86. The molecule has 112 valence electrons. The SMILES string of the molecule is CCCNC(=O)CNS(=O)(=O)c1c(N)cc(Br)cc1Br. The van der Waals surface area contributed by atoms with Crippen LogP contribution in [0.25, 0.3) is 0 Å². The number of hydrogen-bond donors (Lipinski definition) is 3. The third kappa shape index (κ3) is 4.72. The van der Waals surface area contributed by atoms with Crippen LogP contribution in [0, 0.1) is 0 Å². The number of sulfonamides is 1. The molecule has 20 heavy (non-hydrogen) atoms. The first-order chi connectivity index (χ1) is 9.27. The molecule has 1 aromatic carbocycles. The normalized spacial score (nSPS) is 11.3. The lowest BCUT2D eigenvalue weighted by molar-refractivity contribution is -0.119. The van der Waals surface area contributed by atoms with E-state index in [1.54, 1.807) is 6.07 Å². The molecule has 9 heteroatoms. The van der Waals surface area contributed by atoms with E-state index in [1.807, 2.05) is 6.92 Å². The number of hydrogen-bond acceptors (Lipinski definition) is 4. The number of benzene rings is 1. The van der Waals surface area contributed by atoms with Crippen LogP contribution < -0.4 is 15.8 Å². The first-order valence-electron chi connectivity index (χ1n) is 5.78. The summed E-state index contributed by atoms with van der Waals surface area (Å²) in [5, 5.41) is 2.58. The molecule has 0 aromatic heterocycles. The highest BCUT2D eigenvalue weighted by molar-refractivity contribution is 9.11. The number of nitrogens with two attached hydrogens (primary N) is 1. The van der Waals surface area contributed by atoms with Gasteiger partial charge in [0, 0.05) is 15.5 Å². The van der Waals surface area contributed by atoms with Crippen LogP contribution in [0.5, 0.6) is 0 Å². The summed E-state index contributed by atoms with van der Waals surface area (Å²) >= 11 is 6.37. The largest absolute Gasteiger partial charge is 0.398 e. The van der Waals surface area contributed by atoms with Crippen molar-refractivity contribution in [2.75, 3.05) is 18.8 Å². The predicted molar refractivity (Wildman–Crippen MR) is 84.7 cm³/mol. The Morgan fingerprint density at radius 2 is 2.00 bits per heavy atom. The second kappa shape index (κ2) is 7.39. The Kier molecular flexibility index (Phi) is 6.44. The van der Waals surface area contributed by atoms with E-state index in [9.17, 15) is 13.2 Å². The minimum absolute atomic E-state index is 0.0796. The van der Waals surface area contributed by atoms with Crippen LogP contribution >= 0.6 is 31.9 Å². The topological polar surface area (TPSA) is 101 Å². The summed E-state index contributed by atoms with van der Waals surface area (Å²) in [5.41, 5.74) is 5.81. The average molecular weight is 429 g/mol. The molecule has 0 saturated heterocycles. The van der Waals surface area contributed by atoms with E-state index in [4.69, 9.17) is 5.73 Å². The van der Waals surface area contributed by atoms with E-state index in [2.05, 4.69) is 41.9 Å². The molecule has 0 fully saturated rings. The molecule has 0 radical (unpaired) electrons. The maximum Gasteiger partial charge on any atom is 0.244 e. The van der Waals surface area contributed by atoms with Crippen molar-refractivity contribution in [2.45, 2.75) is 18.2 Å². The summed E-state index contributed by atoms with van der Waals surface area (Å²) in [7, 11) is -3.86. The van der Waals surface area contributed by atoms with Crippen LogP contribution in [0.1, 0.15) is 13.3 Å². The summed E-state index contributed by atoms with van der Waals surface area (Å²) in [6, 6.07) is 3.05. The number of nitrogens with one attached hydrogen (secondary N) is 2. The minimum Gasteiger partial charge on any atom is -0.398 e. The van der Waals surface area contributed by atoms with E-state index < -0.39 is 10.0 Å². The third-order valence-corrected chi connectivity index (χ3v) is 5.16. The zero-order chi connectivity index (χ0) is 15.3. The summed E-state index contributed by atoms with van der Waals surface area (Å²) in [6.07, 6.45) is 0.781. The van der Waals surface area contributed by atoms with Crippen molar-refractivity contribution in [3.05, 3.63) is 21.1 Å². The molecule has 0 aliphatic rings. The monoisotopic (exact) mass is 427 g/mol. The fourth-order valence-electron chi connectivity index (χ4n) is 1.42. The predicted octanol–water partition coefficient (Wildman–Crippen LogP) is 1.60. The van der Waals surface area contributed by atoms with Gasteiger partial charge in [-0.25, -0.2) is 13.1 Å². The quantitative estimate of drug-likeness (QED) is 0.599. The molecule has 0 aliphatic heterocycles. The fourth-order valence-corrected chi connectivity index (χ4v) is 4.47. The standard InChI is InChI=1S/C11H15Br2N3O3S/c1-2-3-15-10(17)6-16-20(18,19)11-8(13)4-7(12)5-9(11)14/h4-5,16H,2-3,6,14H2,1H3,(H,15,17).